The molecular formula is C34H39F3N4O. The zero-order valence-corrected chi connectivity index (χ0v) is 24.1. The van der Waals surface area contributed by atoms with Crippen LogP contribution in [-0.4, -0.2) is 53.4 Å². The van der Waals surface area contributed by atoms with Gasteiger partial charge in [-0.25, -0.2) is 0 Å². The van der Waals surface area contributed by atoms with Gasteiger partial charge in [-0.1, -0.05) is 37.1 Å². The Hall–Kier alpha value is -3.65. The van der Waals surface area contributed by atoms with E-state index >= 15 is 0 Å². The van der Waals surface area contributed by atoms with Crippen LogP contribution in [0.2, 0.25) is 0 Å². The molecule has 0 bridgehead atoms. The van der Waals surface area contributed by atoms with Crippen molar-refractivity contribution < 1.29 is 18.0 Å². The van der Waals surface area contributed by atoms with Crippen molar-refractivity contribution in [2.45, 2.75) is 57.3 Å². The molecule has 1 amide bonds. The first-order valence-corrected chi connectivity index (χ1v) is 14.9. The second kappa shape index (κ2) is 13.6. The molecule has 8 heteroatoms. The van der Waals surface area contributed by atoms with Gasteiger partial charge in [0.25, 0.3) is 0 Å². The van der Waals surface area contributed by atoms with Gasteiger partial charge in [-0.05, 0) is 98.3 Å². The summed E-state index contributed by atoms with van der Waals surface area (Å²) in [7, 11) is 2.00. The number of rotatable bonds is 9. The van der Waals surface area contributed by atoms with Gasteiger partial charge in [0.2, 0.25) is 5.91 Å². The maximum absolute atomic E-state index is 13.5. The van der Waals surface area contributed by atoms with Crippen LogP contribution in [0.5, 0.6) is 0 Å². The van der Waals surface area contributed by atoms with Crippen molar-refractivity contribution >= 4 is 23.4 Å². The third kappa shape index (κ3) is 7.79. The van der Waals surface area contributed by atoms with E-state index in [0.717, 1.165) is 61.0 Å². The molecule has 0 spiro atoms. The van der Waals surface area contributed by atoms with Crippen molar-refractivity contribution in [3.8, 4) is 0 Å². The molecule has 5 rings (SSSR count). The smallest absolute Gasteiger partial charge is 0.345 e. The molecule has 1 aromatic heterocycles. The number of carbonyl (C=O) groups excluding carboxylic acids is 1. The van der Waals surface area contributed by atoms with Gasteiger partial charge in [-0.3, -0.25) is 9.78 Å². The lowest BCUT2D eigenvalue weighted by atomic mass is 9.94. The molecule has 2 heterocycles. The van der Waals surface area contributed by atoms with E-state index in [2.05, 4.69) is 39.0 Å². The van der Waals surface area contributed by atoms with E-state index in [-0.39, 0.29) is 5.91 Å². The van der Waals surface area contributed by atoms with Gasteiger partial charge in [0.15, 0.2) is 0 Å². The number of nitrogens with zero attached hydrogens (tertiary/aromatic N) is 4. The number of piperidine rings is 1. The maximum Gasteiger partial charge on any atom is 0.416 e. The Morgan fingerprint density at radius 3 is 2.14 bits per heavy atom. The summed E-state index contributed by atoms with van der Waals surface area (Å²) in [5, 5.41) is 0. The van der Waals surface area contributed by atoms with Gasteiger partial charge in [0.1, 0.15) is 0 Å². The first-order valence-electron chi connectivity index (χ1n) is 14.9. The highest BCUT2D eigenvalue weighted by Gasteiger charge is 2.30. The van der Waals surface area contributed by atoms with Crippen molar-refractivity contribution in [1.82, 2.24) is 14.8 Å². The quantitative estimate of drug-likeness (QED) is 0.247. The third-order valence-electron chi connectivity index (χ3n) is 8.68. The highest BCUT2D eigenvalue weighted by atomic mass is 19.4. The molecule has 2 fully saturated rings. The summed E-state index contributed by atoms with van der Waals surface area (Å²) >= 11 is 0. The monoisotopic (exact) mass is 576 g/mol. The number of likely N-dealkylation sites (tertiary alicyclic amines) is 1. The van der Waals surface area contributed by atoms with E-state index in [9.17, 15) is 18.0 Å². The summed E-state index contributed by atoms with van der Waals surface area (Å²) in [4.78, 5) is 24.2. The number of alkyl halides is 3. The zero-order valence-electron chi connectivity index (χ0n) is 24.1. The van der Waals surface area contributed by atoms with Crippen LogP contribution in [-0.2, 0) is 17.5 Å². The van der Waals surface area contributed by atoms with E-state index in [1.807, 2.05) is 24.1 Å². The average molecular weight is 577 g/mol. The maximum atomic E-state index is 13.5. The summed E-state index contributed by atoms with van der Waals surface area (Å²) in [6.45, 7) is 3.29. The Bertz CT molecular complexity index is 1310. The molecule has 1 aliphatic carbocycles. The number of benzene rings is 2. The van der Waals surface area contributed by atoms with Crippen LogP contribution in [0.15, 0.2) is 79.1 Å². The summed E-state index contributed by atoms with van der Waals surface area (Å²) in [5.41, 5.74) is 2.96. The van der Waals surface area contributed by atoms with Gasteiger partial charge in [-0.15, -0.1) is 0 Å². The minimum atomic E-state index is -4.38. The number of halogens is 3. The van der Waals surface area contributed by atoms with Crippen LogP contribution in [0.4, 0.5) is 24.5 Å². The average Bonchev–Trinajstić information content (AvgIpc) is 3.55. The first-order chi connectivity index (χ1) is 20.3. The first kappa shape index (κ1) is 29.8. The van der Waals surface area contributed by atoms with E-state index in [4.69, 9.17) is 0 Å². The van der Waals surface area contributed by atoms with Gasteiger partial charge >= 0.3 is 6.18 Å². The van der Waals surface area contributed by atoms with Crippen LogP contribution in [0.25, 0.3) is 6.08 Å². The standard InChI is InChI=1S/C34H39F3N4O/c1-39(31-16-20-38-21-17-31)30-13-8-27(9-14-30)24-41(25-28-18-22-40(23-19-28)32-4-2-3-5-32)33(42)15-10-26-6-11-29(12-7-26)34(35,36)37/h6-17,20-21,28,32H,2-5,18-19,22-25H2,1H3/b15-10+. The summed E-state index contributed by atoms with van der Waals surface area (Å²) < 4.78 is 38.8. The van der Waals surface area contributed by atoms with Crippen LogP contribution in [0.1, 0.15) is 55.2 Å². The molecule has 0 atom stereocenters. The number of amides is 1. The van der Waals surface area contributed by atoms with E-state index < -0.39 is 11.7 Å². The Labute approximate surface area is 246 Å². The Morgan fingerprint density at radius 2 is 1.52 bits per heavy atom. The summed E-state index contributed by atoms with van der Waals surface area (Å²) in [5.74, 6) is 0.286. The summed E-state index contributed by atoms with van der Waals surface area (Å²) in [6, 6.07) is 17.7. The molecule has 0 radical (unpaired) electrons. The molecule has 1 saturated heterocycles. The molecular weight excluding hydrogens is 537 g/mol. The molecule has 42 heavy (non-hydrogen) atoms. The SMILES string of the molecule is CN(c1ccncc1)c1ccc(CN(CC2CCN(C3CCCC3)CC2)C(=O)/C=C/c2ccc(C(F)(F)F)cc2)cc1. The van der Waals surface area contributed by atoms with E-state index in [0.29, 0.717) is 24.6 Å². The normalized spacial score (nSPS) is 17.1. The topological polar surface area (TPSA) is 39.7 Å². The molecule has 0 N–H and O–H groups in total. The van der Waals surface area contributed by atoms with Crippen LogP contribution in [0, 0.1) is 5.92 Å². The van der Waals surface area contributed by atoms with Crippen molar-refractivity contribution in [3.63, 3.8) is 0 Å². The lowest BCUT2D eigenvalue weighted by Gasteiger charge is -2.37. The van der Waals surface area contributed by atoms with Crippen molar-refractivity contribution in [1.29, 1.82) is 0 Å². The van der Waals surface area contributed by atoms with Crippen LogP contribution in [0.3, 0.4) is 0 Å². The fourth-order valence-electron chi connectivity index (χ4n) is 6.13. The number of hydrogen-bond donors (Lipinski definition) is 0. The van der Waals surface area contributed by atoms with Crippen molar-refractivity contribution in [2.24, 2.45) is 5.92 Å². The molecule has 5 nitrogen and oxygen atoms in total. The van der Waals surface area contributed by atoms with Crippen molar-refractivity contribution in [3.05, 3.63) is 95.8 Å². The van der Waals surface area contributed by atoms with Gasteiger partial charge in [0, 0.05) is 56.0 Å². The van der Waals surface area contributed by atoms with Crippen molar-refractivity contribution in [2.75, 3.05) is 31.6 Å². The van der Waals surface area contributed by atoms with Crippen LogP contribution >= 0.6 is 0 Å². The Balaban J connectivity index is 1.27. The molecule has 222 valence electrons. The molecule has 2 aliphatic rings. The molecule has 3 aromatic rings. The number of pyridine rings is 1. The lowest BCUT2D eigenvalue weighted by Crippen LogP contribution is -2.43. The van der Waals surface area contributed by atoms with Gasteiger partial charge < -0.3 is 14.7 Å². The fourth-order valence-corrected chi connectivity index (χ4v) is 6.13. The van der Waals surface area contributed by atoms with Crippen LogP contribution < -0.4 is 4.90 Å². The Kier molecular flexibility index (Phi) is 9.62. The van der Waals surface area contributed by atoms with E-state index in [1.54, 1.807) is 18.5 Å². The largest absolute Gasteiger partial charge is 0.416 e. The fraction of sp³-hybridized carbons (Fsp3) is 0.412. The zero-order chi connectivity index (χ0) is 29.5. The number of aromatic nitrogens is 1. The molecule has 1 saturated carbocycles. The molecule has 2 aromatic carbocycles. The number of carbonyl (C=O) groups is 1. The third-order valence-corrected chi connectivity index (χ3v) is 8.68. The predicted molar refractivity (Wildman–Crippen MR) is 161 cm³/mol. The number of hydrogen-bond acceptors (Lipinski definition) is 4. The predicted octanol–water partition coefficient (Wildman–Crippen LogP) is 7.56. The van der Waals surface area contributed by atoms with Gasteiger partial charge in [-0.2, -0.15) is 13.2 Å². The Morgan fingerprint density at radius 1 is 0.905 bits per heavy atom. The summed E-state index contributed by atoms with van der Waals surface area (Å²) in [6.07, 6.45) is 9.63. The second-order valence-electron chi connectivity index (χ2n) is 11.5. The highest BCUT2D eigenvalue weighted by Crippen LogP contribution is 2.30. The minimum Gasteiger partial charge on any atom is -0.345 e. The lowest BCUT2D eigenvalue weighted by molar-refractivity contribution is -0.137. The molecule has 0 unspecified atom stereocenters. The second-order valence-corrected chi connectivity index (χ2v) is 11.5. The highest BCUT2D eigenvalue weighted by molar-refractivity contribution is 5.91. The molecule has 1 aliphatic heterocycles. The number of anilines is 2. The minimum absolute atomic E-state index is 0.133. The van der Waals surface area contributed by atoms with E-state index in [1.165, 1.54) is 43.9 Å². The van der Waals surface area contributed by atoms with Gasteiger partial charge in [0.05, 0.1) is 5.56 Å².